The SMILES string of the molecule is c1ccc(-c2cc(-c3cc(-n4c5ccccc5c5cc(-c6ccc7c(c6)c6ccccc6n7-c6ccccc6)ccc54)cc(-n4c5ccccc5c5ccc(-c6cccc(-c7cc(-c8ccc(-c9ccc(-n%10c%11ccccc%11c%11cc(-c%12ccc%13c(c%12)c%12ccccc%12n%13-c%12ccccc%12)ccc%11%10)cc9)cc8)cc(-c8ccccc8)n7)c6)cc54)c3)cc(-c3ccccc3)n2)cc1. The molecule has 26 rings (SSSR count). The molecule has 0 radical (unpaired) electrons. The second kappa shape index (κ2) is 30.7. The molecular formula is C124H79N7. The van der Waals surface area contributed by atoms with Crippen molar-refractivity contribution in [1.82, 2.24) is 32.8 Å². The van der Waals surface area contributed by atoms with E-state index >= 15 is 0 Å². The van der Waals surface area contributed by atoms with E-state index in [2.05, 4.69) is 502 Å². The summed E-state index contributed by atoms with van der Waals surface area (Å²) in [5, 5.41) is 12.1. The molecule has 0 amide bonds. The first kappa shape index (κ1) is 74.9. The summed E-state index contributed by atoms with van der Waals surface area (Å²) >= 11 is 0. The zero-order valence-corrected chi connectivity index (χ0v) is 71.2. The van der Waals surface area contributed by atoms with Gasteiger partial charge in [-0.25, -0.2) is 9.97 Å². The van der Waals surface area contributed by atoms with Gasteiger partial charge in [-0.3, -0.25) is 0 Å². The van der Waals surface area contributed by atoms with Gasteiger partial charge in [0.25, 0.3) is 0 Å². The molecule has 131 heavy (non-hydrogen) atoms. The van der Waals surface area contributed by atoms with Crippen LogP contribution in [-0.4, -0.2) is 32.8 Å². The molecule has 0 saturated heterocycles. The lowest BCUT2D eigenvalue weighted by atomic mass is 9.96. The number of nitrogens with zero attached hydrogens (tertiary/aromatic N) is 7. The highest BCUT2D eigenvalue weighted by atomic mass is 15.0. The zero-order chi connectivity index (χ0) is 86.1. The predicted molar refractivity (Wildman–Crippen MR) is 548 cm³/mol. The molecule has 0 spiro atoms. The molecule has 0 aliphatic rings. The average Bonchev–Trinajstić information content (AvgIpc) is 1.57. The van der Waals surface area contributed by atoms with E-state index in [4.69, 9.17) is 9.97 Å². The third-order valence-corrected chi connectivity index (χ3v) is 26.8. The van der Waals surface area contributed by atoms with Crippen molar-refractivity contribution >= 4 is 109 Å². The Hall–Kier alpha value is -17.5. The molecule has 0 saturated carbocycles. The largest absolute Gasteiger partial charge is 0.309 e. The lowest BCUT2D eigenvalue weighted by Crippen LogP contribution is -2.01. The number of hydrogen-bond donors (Lipinski definition) is 0. The van der Waals surface area contributed by atoms with Crippen LogP contribution in [0.4, 0.5) is 0 Å². The molecule has 610 valence electrons. The minimum Gasteiger partial charge on any atom is -0.309 e. The van der Waals surface area contributed by atoms with Crippen LogP contribution >= 0.6 is 0 Å². The predicted octanol–water partition coefficient (Wildman–Crippen LogP) is 32.6. The van der Waals surface area contributed by atoms with E-state index in [9.17, 15) is 0 Å². The van der Waals surface area contributed by atoms with Gasteiger partial charge in [-0.2, -0.15) is 0 Å². The smallest absolute Gasteiger partial charge is 0.0715 e. The van der Waals surface area contributed by atoms with Crippen LogP contribution in [0, 0.1) is 0 Å². The molecule has 0 N–H and O–H groups in total. The number of aromatic nitrogens is 7. The molecule has 7 aromatic heterocycles. The molecule has 0 bridgehead atoms. The third kappa shape index (κ3) is 12.7. The molecule has 0 atom stereocenters. The molecule has 19 aromatic carbocycles. The van der Waals surface area contributed by atoms with E-state index in [1.54, 1.807) is 0 Å². The van der Waals surface area contributed by atoms with Crippen molar-refractivity contribution in [2.75, 3.05) is 0 Å². The minimum atomic E-state index is 0.891. The van der Waals surface area contributed by atoms with Crippen LogP contribution in [0.25, 0.3) is 249 Å². The van der Waals surface area contributed by atoms with E-state index in [-0.39, 0.29) is 0 Å². The van der Waals surface area contributed by atoms with Crippen LogP contribution in [0.15, 0.2) is 479 Å². The quantitative estimate of drug-likeness (QED) is 0.103. The summed E-state index contributed by atoms with van der Waals surface area (Å²) in [6, 6.07) is 176. The number of benzene rings is 19. The molecule has 0 fully saturated rings. The van der Waals surface area contributed by atoms with Gasteiger partial charge in [0.1, 0.15) is 0 Å². The van der Waals surface area contributed by atoms with Gasteiger partial charge in [-0.15, -0.1) is 0 Å². The van der Waals surface area contributed by atoms with Gasteiger partial charge in [0.2, 0.25) is 0 Å². The van der Waals surface area contributed by atoms with Gasteiger partial charge in [-0.1, -0.05) is 309 Å². The molecule has 0 unspecified atom stereocenters. The molecule has 7 nitrogen and oxygen atoms in total. The van der Waals surface area contributed by atoms with Gasteiger partial charge in [-0.05, 0) is 237 Å². The number of pyridine rings is 2. The first-order valence-electron chi connectivity index (χ1n) is 44.9. The summed E-state index contributed by atoms with van der Waals surface area (Å²) in [7, 11) is 0. The van der Waals surface area contributed by atoms with Crippen LogP contribution in [0.1, 0.15) is 0 Å². The van der Waals surface area contributed by atoms with Crippen molar-refractivity contribution in [3.63, 3.8) is 0 Å². The van der Waals surface area contributed by atoms with Gasteiger partial charge >= 0.3 is 0 Å². The topological polar surface area (TPSA) is 50.4 Å². The van der Waals surface area contributed by atoms with Gasteiger partial charge in [0.15, 0.2) is 0 Å². The van der Waals surface area contributed by atoms with Crippen LogP contribution in [0.2, 0.25) is 0 Å². The fourth-order valence-corrected chi connectivity index (χ4v) is 20.7. The maximum Gasteiger partial charge on any atom is 0.0715 e. The van der Waals surface area contributed by atoms with Crippen molar-refractivity contribution < 1.29 is 0 Å². The van der Waals surface area contributed by atoms with E-state index in [0.29, 0.717) is 0 Å². The summed E-state index contributed by atoms with van der Waals surface area (Å²) in [4.78, 5) is 10.9. The summed E-state index contributed by atoms with van der Waals surface area (Å²) in [6.07, 6.45) is 0. The number of para-hydroxylation sites is 7. The fourth-order valence-electron chi connectivity index (χ4n) is 20.7. The van der Waals surface area contributed by atoms with E-state index in [1.165, 1.54) is 98.3 Å². The van der Waals surface area contributed by atoms with Crippen LogP contribution in [0.3, 0.4) is 0 Å². The van der Waals surface area contributed by atoms with Gasteiger partial charge in [0, 0.05) is 105 Å². The van der Waals surface area contributed by atoms with Gasteiger partial charge < -0.3 is 22.8 Å². The lowest BCUT2D eigenvalue weighted by molar-refractivity contribution is 1.13. The maximum absolute atomic E-state index is 5.52. The highest BCUT2D eigenvalue weighted by Gasteiger charge is 2.24. The first-order chi connectivity index (χ1) is 64.9. The zero-order valence-electron chi connectivity index (χ0n) is 71.2. The lowest BCUT2D eigenvalue weighted by Gasteiger charge is -2.17. The Labute approximate surface area is 756 Å². The Balaban J connectivity index is 0.560. The highest BCUT2D eigenvalue weighted by molar-refractivity contribution is 6.16. The Bertz CT molecular complexity index is 8990. The van der Waals surface area contributed by atoms with Crippen molar-refractivity contribution in [3.05, 3.63) is 479 Å². The Morgan fingerprint density at radius 3 is 0.733 bits per heavy atom. The summed E-state index contributed by atoms with van der Waals surface area (Å²) in [5.74, 6) is 0. The molecule has 7 heterocycles. The maximum atomic E-state index is 5.52. The van der Waals surface area contributed by atoms with Crippen molar-refractivity contribution in [1.29, 1.82) is 0 Å². The van der Waals surface area contributed by atoms with Crippen molar-refractivity contribution in [2.24, 2.45) is 0 Å². The van der Waals surface area contributed by atoms with Crippen molar-refractivity contribution in [3.8, 4) is 140 Å². The molecule has 0 aliphatic carbocycles. The van der Waals surface area contributed by atoms with E-state index in [1.807, 2.05) is 0 Å². The standard InChI is InChI=1S/C124H79N7/c1-6-27-83(28-7-1)111-74-94(82-51-49-80(50-52-82)81-53-60-98(61-54-81)129-118-47-24-19-42-104(118)109-72-89(58-65-122(109)129)87-56-63-120-107(70-87)102-40-17-22-45-116(102)127(120)96-35-12-4-13-36-96)75-114(126-111)92-34-26-33-86(67-92)91-55-62-106-101-39-16-21-44-115(101)131(124(106)78-91)100-69-93(95-76-112(84-29-8-2-9-30-84)125-113(77-95)85-31-10-3-11-32-85)68-99(79-100)130-119-48-25-20-43-105(119)110-73-90(59-66-123(110)130)88-57-64-121-108(71-88)103-41-18-23-46-117(103)128(121)97-37-14-5-15-38-97/h1-79H. The third-order valence-electron chi connectivity index (χ3n) is 26.8. The highest BCUT2D eigenvalue weighted by Crippen LogP contribution is 2.46. The number of rotatable bonds is 15. The summed E-state index contributed by atoms with van der Waals surface area (Å²) < 4.78 is 12.2. The van der Waals surface area contributed by atoms with Crippen LogP contribution < -0.4 is 0 Å². The average molecular weight is 1670 g/mol. The summed E-state index contributed by atoms with van der Waals surface area (Å²) in [6.45, 7) is 0. The van der Waals surface area contributed by atoms with Crippen LogP contribution in [0.5, 0.6) is 0 Å². The monoisotopic (exact) mass is 1670 g/mol. The summed E-state index contributed by atoms with van der Waals surface area (Å²) in [5.41, 5.74) is 38.3. The Kier molecular flexibility index (Phi) is 17.5. The Morgan fingerprint density at radius 1 is 0.107 bits per heavy atom. The molecule has 26 aromatic rings. The number of hydrogen-bond acceptors (Lipinski definition) is 2. The second-order valence-corrected chi connectivity index (χ2v) is 34.4. The minimum absolute atomic E-state index is 0.891. The van der Waals surface area contributed by atoms with Crippen molar-refractivity contribution in [2.45, 2.75) is 0 Å². The molecular weight excluding hydrogens is 1590 g/mol. The fraction of sp³-hybridized carbons (Fsp3) is 0. The van der Waals surface area contributed by atoms with Crippen LogP contribution in [-0.2, 0) is 0 Å². The normalized spacial score (nSPS) is 11.8. The molecule has 7 heteroatoms. The van der Waals surface area contributed by atoms with E-state index in [0.717, 1.165) is 151 Å². The first-order valence-corrected chi connectivity index (χ1v) is 44.9. The Morgan fingerprint density at radius 2 is 0.344 bits per heavy atom. The van der Waals surface area contributed by atoms with Gasteiger partial charge in [0.05, 0.1) is 77.9 Å². The molecule has 0 aliphatic heterocycles. The second-order valence-electron chi connectivity index (χ2n) is 34.4. The number of fused-ring (bicyclic) bond motifs is 15. The van der Waals surface area contributed by atoms with E-state index < -0.39 is 0 Å².